The first-order valence-electron chi connectivity index (χ1n) is 9.40. The normalized spacial score (nSPS) is 18.3. The van der Waals surface area contributed by atoms with E-state index in [9.17, 15) is 8.42 Å². The minimum Gasteiger partial charge on any atom is -0.377 e. The van der Waals surface area contributed by atoms with E-state index in [1.807, 2.05) is 6.08 Å². The quantitative estimate of drug-likeness (QED) is 0.882. The molecular weight excluding hydrogens is 358 g/mol. The minimum absolute atomic E-state index is 0.145. The van der Waals surface area contributed by atoms with Crippen LogP contribution in [0.5, 0.6) is 0 Å². The minimum atomic E-state index is -3.63. The molecule has 0 bridgehead atoms. The number of hydrogen-bond acceptors (Lipinski definition) is 4. The van der Waals surface area contributed by atoms with Crippen LogP contribution in [0.15, 0.2) is 59.6 Å². The maximum Gasteiger partial charge on any atom is 0.238 e. The van der Waals surface area contributed by atoms with Crippen molar-refractivity contribution in [1.82, 2.24) is 4.90 Å². The van der Waals surface area contributed by atoms with Gasteiger partial charge in [0.1, 0.15) is 0 Å². The molecule has 1 saturated heterocycles. The number of primary sulfonamides is 1. The fourth-order valence-corrected chi connectivity index (χ4v) is 4.57. The van der Waals surface area contributed by atoms with Crippen LogP contribution in [-0.4, -0.2) is 39.0 Å². The standard InChI is InChI=1S/C21H25N3O2S/c22-27(25,26)20-7-5-17(6-8-20)9-13-23-14-11-19(12-15-23)24-16-10-18-3-1-2-4-21(18)24/h1-9,13,19H,10-12,14-16H2,(H2,22,25,26). The van der Waals surface area contributed by atoms with Gasteiger partial charge in [-0.1, -0.05) is 30.3 Å². The Morgan fingerprint density at radius 1 is 0.963 bits per heavy atom. The molecule has 1 fully saturated rings. The highest BCUT2D eigenvalue weighted by Gasteiger charge is 2.28. The molecule has 2 N–H and O–H groups in total. The van der Waals surface area contributed by atoms with E-state index in [1.54, 1.807) is 24.3 Å². The van der Waals surface area contributed by atoms with Crippen molar-refractivity contribution in [3.05, 3.63) is 65.9 Å². The second-order valence-corrected chi connectivity index (χ2v) is 8.83. The monoisotopic (exact) mass is 383 g/mol. The first-order chi connectivity index (χ1) is 13.0. The lowest BCUT2D eigenvalue weighted by atomic mass is 10.0. The first-order valence-corrected chi connectivity index (χ1v) is 10.9. The number of para-hydroxylation sites is 1. The maximum absolute atomic E-state index is 11.3. The smallest absolute Gasteiger partial charge is 0.238 e. The molecule has 0 atom stereocenters. The third kappa shape index (κ3) is 4.01. The van der Waals surface area contributed by atoms with Crippen molar-refractivity contribution in [3.63, 3.8) is 0 Å². The summed E-state index contributed by atoms with van der Waals surface area (Å²) in [5.74, 6) is 0. The van der Waals surface area contributed by atoms with Gasteiger partial charge in [0.15, 0.2) is 0 Å². The van der Waals surface area contributed by atoms with Crippen LogP contribution in [0, 0.1) is 0 Å². The molecule has 27 heavy (non-hydrogen) atoms. The van der Waals surface area contributed by atoms with Crippen molar-refractivity contribution >= 4 is 21.8 Å². The molecule has 2 aliphatic heterocycles. The number of benzene rings is 2. The van der Waals surface area contributed by atoms with Gasteiger partial charge in [0.2, 0.25) is 10.0 Å². The van der Waals surface area contributed by atoms with Crippen LogP contribution in [0.3, 0.4) is 0 Å². The molecule has 0 spiro atoms. The number of piperidine rings is 1. The zero-order valence-corrected chi connectivity index (χ0v) is 16.1. The van der Waals surface area contributed by atoms with E-state index >= 15 is 0 Å². The molecule has 0 aliphatic carbocycles. The molecule has 0 radical (unpaired) electrons. The van der Waals surface area contributed by atoms with E-state index in [1.165, 1.54) is 11.3 Å². The van der Waals surface area contributed by atoms with Crippen molar-refractivity contribution in [2.24, 2.45) is 5.14 Å². The number of anilines is 1. The van der Waals surface area contributed by atoms with Crippen LogP contribution >= 0.6 is 0 Å². The predicted molar refractivity (Wildman–Crippen MR) is 109 cm³/mol. The van der Waals surface area contributed by atoms with Crippen LogP contribution < -0.4 is 10.0 Å². The third-order valence-electron chi connectivity index (χ3n) is 5.55. The Hall–Kier alpha value is -2.31. The van der Waals surface area contributed by atoms with E-state index in [-0.39, 0.29) is 4.90 Å². The molecule has 0 saturated carbocycles. The molecule has 142 valence electrons. The zero-order valence-electron chi connectivity index (χ0n) is 15.3. The Morgan fingerprint density at radius 2 is 1.67 bits per heavy atom. The predicted octanol–water partition coefficient (Wildman–Crippen LogP) is 2.83. The van der Waals surface area contributed by atoms with Gasteiger partial charge in [0.25, 0.3) is 0 Å². The number of nitrogens with zero attached hydrogens (tertiary/aromatic N) is 2. The molecular formula is C21H25N3O2S. The number of likely N-dealkylation sites (tertiary alicyclic amines) is 1. The van der Waals surface area contributed by atoms with Crippen molar-refractivity contribution in [2.45, 2.75) is 30.2 Å². The summed E-state index contributed by atoms with van der Waals surface area (Å²) >= 11 is 0. The van der Waals surface area contributed by atoms with Gasteiger partial charge in [-0.15, -0.1) is 0 Å². The number of rotatable bonds is 4. The van der Waals surface area contributed by atoms with Crippen molar-refractivity contribution in [2.75, 3.05) is 24.5 Å². The fourth-order valence-electron chi connectivity index (χ4n) is 4.05. The average molecular weight is 384 g/mol. The van der Waals surface area contributed by atoms with Gasteiger partial charge >= 0.3 is 0 Å². The molecule has 4 rings (SSSR count). The van der Waals surface area contributed by atoms with Gasteiger partial charge < -0.3 is 9.80 Å². The molecule has 2 aliphatic rings. The lowest BCUT2D eigenvalue weighted by Gasteiger charge is -2.37. The largest absolute Gasteiger partial charge is 0.377 e. The Labute approximate surface area is 161 Å². The summed E-state index contributed by atoms with van der Waals surface area (Å²) in [6, 6.07) is 16.0. The highest BCUT2D eigenvalue weighted by atomic mass is 32.2. The summed E-state index contributed by atoms with van der Waals surface area (Å²) in [4.78, 5) is 5.07. The number of sulfonamides is 1. The molecule has 2 heterocycles. The Kier molecular flexibility index (Phi) is 4.93. The third-order valence-corrected chi connectivity index (χ3v) is 6.48. The van der Waals surface area contributed by atoms with E-state index in [0.29, 0.717) is 6.04 Å². The molecule has 0 aromatic heterocycles. The second-order valence-electron chi connectivity index (χ2n) is 7.27. The van der Waals surface area contributed by atoms with Crippen LogP contribution in [0.1, 0.15) is 24.0 Å². The van der Waals surface area contributed by atoms with E-state index in [4.69, 9.17) is 5.14 Å². The van der Waals surface area contributed by atoms with Crippen molar-refractivity contribution in [1.29, 1.82) is 0 Å². The summed E-state index contributed by atoms with van der Waals surface area (Å²) in [6.07, 6.45) is 7.61. The number of nitrogens with two attached hydrogens (primary N) is 1. The Bertz CT molecular complexity index is 930. The Balaban J connectivity index is 1.34. The summed E-state index contributed by atoms with van der Waals surface area (Å²) in [5.41, 5.74) is 3.86. The van der Waals surface area contributed by atoms with Crippen molar-refractivity contribution < 1.29 is 8.42 Å². The van der Waals surface area contributed by atoms with Crippen LogP contribution in [0.25, 0.3) is 6.08 Å². The average Bonchev–Trinajstić information content (AvgIpc) is 3.11. The Morgan fingerprint density at radius 3 is 2.37 bits per heavy atom. The lowest BCUT2D eigenvalue weighted by Crippen LogP contribution is -2.42. The molecule has 5 nitrogen and oxygen atoms in total. The van der Waals surface area contributed by atoms with E-state index in [0.717, 1.165) is 44.5 Å². The van der Waals surface area contributed by atoms with Crippen LogP contribution in [0.4, 0.5) is 5.69 Å². The molecule has 6 heteroatoms. The van der Waals surface area contributed by atoms with Crippen LogP contribution in [-0.2, 0) is 16.4 Å². The van der Waals surface area contributed by atoms with Crippen LogP contribution in [0.2, 0.25) is 0 Å². The van der Waals surface area contributed by atoms with E-state index < -0.39 is 10.0 Å². The number of fused-ring (bicyclic) bond motifs is 1. The second kappa shape index (κ2) is 7.37. The highest BCUT2D eigenvalue weighted by molar-refractivity contribution is 7.89. The van der Waals surface area contributed by atoms with Gasteiger partial charge in [-0.2, -0.15) is 0 Å². The van der Waals surface area contributed by atoms with Gasteiger partial charge in [0, 0.05) is 31.4 Å². The van der Waals surface area contributed by atoms with Crippen molar-refractivity contribution in [3.8, 4) is 0 Å². The highest BCUT2D eigenvalue weighted by Crippen LogP contribution is 2.32. The lowest BCUT2D eigenvalue weighted by molar-refractivity contribution is 0.280. The molecule has 0 unspecified atom stereocenters. The molecule has 2 aromatic carbocycles. The van der Waals surface area contributed by atoms with Gasteiger partial charge in [-0.05, 0) is 60.9 Å². The summed E-state index contributed by atoms with van der Waals surface area (Å²) in [7, 11) is -3.63. The van der Waals surface area contributed by atoms with Gasteiger partial charge in [-0.25, -0.2) is 13.6 Å². The number of hydrogen-bond donors (Lipinski definition) is 1. The van der Waals surface area contributed by atoms with Gasteiger partial charge in [0.05, 0.1) is 4.90 Å². The topological polar surface area (TPSA) is 66.6 Å². The molecule has 0 amide bonds. The SMILES string of the molecule is NS(=O)(=O)c1ccc(C=CN2CCC(N3CCc4ccccc43)CC2)cc1. The fraction of sp³-hybridized carbons (Fsp3) is 0.333. The summed E-state index contributed by atoms with van der Waals surface area (Å²) in [6.45, 7) is 3.21. The first kappa shape index (κ1) is 18.1. The summed E-state index contributed by atoms with van der Waals surface area (Å²) in [5, 5.41) is 5.13. The molecule has 2 aromatic rings. The zero-order chi connectivity index (χ0) is 18.9. The van der Waals surface area contributed by atoms with E-state index in [2.05, 4.69) is 40.3 Å². The summed E-state index contributed by atoms with van der Waals surface area (Å²) < 4.78 is 22.6. The maximum atomic E-state index is 11.3. The van der Waals surface area contributed by atoms with Gasteiger partial charge in [-0.3, -0.25) is 0 Å².